The lowest BCUT2D eigenvalue weighted by Crippen LogP contribution is -1.96. The van der Waals surface area contributed by atoms with Crippen molar-refractivity contribution in [3.8, 4) is 0 Å². The summed E-state index contributed by atoms with van der Waals surface area (Å²) in [5, 5.41) is 0. The lowest BCUT2D eigenvalue weighted by molar-refractivity contribution is 0.146. The molecule has 0 fully saturated rings. The molecule has 0 spiro atoms. The zero-order chi connectivity index (χ0) is 9.14. The van der Waals surface area contributed by atoms with Crippen molar-refractivity contribution in [3.63, 3.8) is 0 Å². The Balaban J connectivity index is 3.02. The SMILES string of the molecule is Cc1nc(C(F)F)ccc1CF. The summed E-state index contributed by atoms with van der Waals surface area (Å²) in [5.41, 5.74) is 0.388. The lowest BCUT2D eigenvalue weighted by atomic mass is 10.2. The highest BCUT2D eigenvalue weighted by atomic mass is 19.3. The Bertz CT molecular complexity index is 273. The largest absolute Gasteiger partial charge is 0.280 e. The second kappa shape index (κ2) is 3.56. The van der Waals surface area contributed by atoms with E-state index >= 15 is 0 Å². The molecule has 1 aromatic rings. The van der Waals surface area contributed by atoms with Crippen LogP contribution in [0.2, 0.25) is 0 Å². The lowest BCUT2D eigenvalue weighted by Gasteiger charge is -2.03. The Labute approximate surface area is 68.2 Å². The Kier molecular flexibility index (Phi) is 2.68. The van der Waals surface area contributed by atoms with E-state index in [2.05, 4.69) is 4.98 Å². The van der Waals surface area contributed by atoms with Gasteiger partial charge in [0.2, 0.25) is 0 Å². The molecule has 0 aliphatic heterocycles. The maximum atomic E-state index is 12.1. The van der Waals surface area contributed by atoms with Gasteiger partial charge in [-0.2, -0.15) is 0 Å². The molecule has 0 atom stereocenters. The second-order valence-corrected chi connectivity index (χ2v) is 2.41. The van der Waals surface area contributed by atoms with Gasteiger partial charge < -0.3 is 0 Å². The number of aryl methyl sites for hydroxylation is 1. The summed E-state index contributed by atoms with van der Waals surface area (Å²) in [6.07, 6.45) is -2.59. The third-order valence-corrected chi connectivity index (χ3v) is 1.58. The van der Waals surface area contributed by atoms with Crippen LogP contribution in [0, 0.1) is 6.92 Å². The van der Waals surface area contributed by atoms with Gasteiger partial charge in [0.15, 0.2) is 0 Å². The number of nitrogens with zero attached hydrogens (tertiary/aromatic N) is 1. The molecule has 0 saturated carbocycles. The zero-order valence-corrected chi connectivity index (χ0v) is 6.52. The van der Waals surface area contributed by atoms with E-state index in [0.717, 1.165) is 6.07 Å². The first-order valence-electron chi connectivity index (χ1n) is 3.45. The van der Waals surface area contributed by atoms with Crippen molar-refractivity contribution < 1.29 is 13.2 Å². The summed E-state index contributed by atoms with van der Waals surface area (Å²) in [6, 6.07) is 2.48. The van der Waals surface area contributed by atoms with Crippen LogP contribution in [-0.4, -0.2) is 4.98 Å². The van der Waals surface area contributed by atoms with Crippen LogP contribution in [0.15, 0.2) is 12.1 Å². The Morgan fingerprint density at radius 2 is 2.08 bits per heavy atom. The second-order valence-electron chi connectivity index (χ2n) is 2.41. The summed E-state index contributed by atoms with van der Waals surface area (Å²) in [7, 11) is 0. The number of hydrogen-bond acceptors (Lipinski definition) is 1. The van der Waals surface area contributed by atoms with Crippen molar-refractivity contribution in [2.45, 2.75) is 20.0 Å². The van der Waals surface area contributed by atoms with Crippen LogP contribution in [0.5, 0.6) is 0 Å². The predicted octanol–water partition coefficient (Wildman–Crippen LogP) is 2.80. The van der Waals surface area contributed by atoms with E-state index in [4.69, 9.17) is 0 Å². The van der Waals surface area contributed by atoms with Gasteiger partial charge in [0.05, 0.1) is 0 Å². The van der Waals surface area contributed by atoms with Crippen molar-refractivity contribution in [1.82, 2.24) is 4.98 Å². The molecule has 0 aromatic carbocycles. The minimum Gasteiger partial charge on any atom is -0.252 e. The molecule has 4 heteroatoms. The molecule has 66 valence electrons. The van der Waals surface area contributed by atoms with Gasteiger partial charge >= 0.3 is 0 Å². The third kappa shape index (κ3) is 1.75. The first-order chi connectivity index (χ1) is 5.65. The summed E-state index contributed by atoms with van der Waals surface area (Å²) in [5.74, 6) is 0. The van der Waals surface area contributed by atoms with Gasteiger partial charge in [0, 0.05) is 11.3 Å². The Morgan fingerprint density at radius 3 is 2.50 bits per heavy atom. The van der Waals surface area contributed by atoms with Crippen LogP contribution < -0.4 is 0 Å². The van der Waals surface area contributed by atoms with Gasteiger partial charge in [-0.1, -0.05) is 6.07 Å². The molecule has 0 aliphatic rings. The van der Waals surface area contributed by atoms with Crippen LogP contribution in [-0.2, 0) is 6.67 Å². The maximum Gasteiger partial charge on any atom is 0.280 e. The van der Waals surface area contributed by atoms with E-state index in [0.29, 0.717) is 11.3 Å². The monoisotopic (exact) mass is 175 g/mol. The summed E-state index contributed by atoms with van der Waals surface area (Å²) in [6.45, 7) is 0.850. The fourth-order valence-electron chi connectivity index (χ4n) is 0.872. The fourth-order valence-corrected chi connectivity index (χ4v) is 0.872. The minimum atomic E-state index is -2.59. The smallest absolute Gasteiger partial charge is 0.252 e. The molecule has 1 heterocycles. The van der Waals surface area contributed by atoms with Gasteiger partial charge in [0.1, 0.15) is 12.4 Å². The van der Waals surface area contributed by atoms with Crippen LogP contribution in [0.3, 0.4) is 0 Å². The molecular formula is C8H8F3N. The molecule has 0 radical (unpaired) electrons. The minimum absolute atomic E-state index is 0.301. The number of rotatable bonds is 2. The quantitative estimate of drug-likeness (QED) is 0.673. The number of aromatic nitrogens is 1. The molecule has 0 bridgehead atoms. The van der Waals surface area contributed by atoms with Crippen molar-refractivity contribution in [2.75, 3.05) is 0 Å². The van der Waals surface area contributed by atoms with Crippen LogP contribution >= 0.6 is 0 Å². The highest BCUT2D eigenvalue weighted by molar-refractivity contribution is 5.21. The zero-order valence-electron chi connectivity index (χ0n) is 6.52. The Morgan fingerprint density at radius 1 is 1.42 bits per heavy atom. The Hall–Kier alpha value is -1.06. The van der Waals surface area contributed by atoms with Gasteiger partial charge in [-0.05, 0) is 13.0 Å². The van der Waals surface area contributed by atoms with Crippen molar-refractivity contribution in [2.24, 2.45) is 0 Å². The van der Waals surface area contributed by atoms with Crippen LogP contribution in [0.25, 0.3) is 0 Å². The summed E-state index contributed by atoms with van der Waals surface area (Å²) in [4.78, 5) is 3.55. The molecule has 1 nitrogen and oxygen atoms in total. The third-order valence-electron chi connectivity index (χ3n) is 1.58. The van der Waals surface area contributed by atoms with Gasteiger partial charge in [-0.3, -0.25) is 4.98 Å². The predicted molar refractivity (Wildman–Crippen MR) is 38.7 cm³/mol. The average molecular weight is 175 g/mol. The fraction of sp³-hybridized carbons (Fsp3) is 0.375. The number of alkyl halides is 3. The summed E-state index contributed by atoms with van der Waals surface area (Å²) >= 11 is 0. The molecule has 0 saturated heterocycles. The van der Waals surface area contributed by atoms with Crippen molar-refractivity contribution in [3.05, 3.63) is 29.1 Å². The number of hydrogen-bond donors (Lipinski definition) is 0. The van der Waals surface area contributed by atoms with Crippen molar-refractivity contribution in [1.29, 1.82) is 0 Å². The standard InChI is InChI=1S/C8H8F3N/c1-5-6(4-9)2-3-7(12-5)8(10)11/h2-3,8H,4H2,1H3. The molecule has 0 amide bonds. The van der Waals surface area contributed by atoms with E-state index in [1.165, 1.54) is 13.0 Å². The first kappa shape index (κ1) is 9.03. The molecule has 12 heavy (non-hydrogen) atoms. The topological polar surface area (TPSA) is 12.9 Å². The highest BCUT2D eigenvalue weighted by Gasteiger charge is 2.09. The average Bonchev–Trinajstić information content (AvgIpc) is 2.04. The number of halogens is 3. The number of pyridine rings is 1. The van der Waals surface area contributed by atoms with E-state index in [1.54, 1.807) is 0 Å². The maximum absolute atomic E-state index is 12.1. The van der Waals surface area contributed by atoms with Crippen LogP contribution in [0.1, 0.15) is 23.4 Å². The molecule has 0 unspecified atom stereocenters. The van der Waals surface area contributed by atoms with Crippen molar-refractivity contribution >= 4 is 0 Å². The van der Waals surface area contributed by atoms with Gasteiger partial charge in [-0.15, -0.1) is 0 Å². The molecular weight excluding hydrogens is 167 g/mol. The molecule has 1 aromatic heterocycles. The summed E-state index contributed by atoms with van der Waals surface area (Å²) < 4.78 is 36.1. The molecule has 0 aliphatic carbocycles. The van der Waals surface area contributed by atoms with E-state index in [-0.39, 0.29) is 5.69 Å². The normalized spacial score (nSPS) is 10.8. The van der Waals surface area contributed by atoms with E-state index in [9.17, 15) is 13.2 Å². The highest BCUT2D eigenvalue weighted by Crippen LogP contribution is 2.18. The molecule has 1 rings (SSSR count). The van der Waals surface area contributed by atoms with Crippen LogP contribution in [0.4, 0.5) is 13.2 Å². The van der Waals surface area contributed by atoms with Gasteiger partial charge in [0.25, 0.3) is 6.43 Å². The van der Waals surface area contributed by atoms with E-state index < -0.39 is 13.1 Å². The van der Waals surface area contributed by atoms with E-state index in [1.807, 2.05) is 0 Å². The van der Waals surface area contributed by atoms with Gasteiger partial charge in [-0.25, -0.2) is 13.2 Å². The molecule has 0 N–H and O–H groups in total. The first-order valence-corrected chi connectivity index (χ1v) is 3.45.